The molecule has 1 aromatic rings. The van der Waals surface area contributed by atoms with Gasteiger partial charge in [-0.2, -0.15) is 0 Å². The fourth-order valence-corrected chi connectivity index (χ4v) is 3.79. The van der Waals surface area contributed by atoms with Crippen molar-refractivity contribution in [3.8, 4) is 0 Å². The van der Waals surface area contributed by atoms with Crippen LogP contribution in [0.25, 0.3) is 0 Å². The summed E-state index contributed by atoms with van der Waals surface area (Å²) >= 11 is 11.7. The molecule has 1 fully saturated rings. The summed E-state index contributed by atoms with van der Waals surface area (Å²) in [7, 11) is 0. The topological polar surface area (TPSA) is 0 Å². The Morgan fingerprint density at radius 1 is 1.62 bits per heavy atom. The first-order valence-electron chi connectivity index (χ1n) is 4.43. The van der Waals surface area contributed by atoms with E-state index in [1.165, 1.54) is 27.1 Å². The molecule has 1 atom stereocenters. The number of alkyl halides is 1. The van der Waals surface area contributed by atoms with E-state index in [4.69, 9.17) is 11.6 Å². The van der Waals surface area contributed by atoms with Crippen LogP contribution in [0.5, 0.6) is 0 Å². The van der Waals surface area contributed by atoms with Crippen LogP contribution in [0.4, 0.5) is 0 Å². The Hall–Kier alpha value is 0.470. The number of rotatable bonds is 2. The summed E-state index contributed by atoms with van der Waals surface area (Å²) in [6.07, 6.45) is 2.54. The quantitative estimate of drug-likeness (QED) is 0.676. The Balaban J connectivity index is 2.29. The molecule has 3 heteroatoms. The third-order valence-corrected chi connectivity index (χ3v) is 5.18. The van der Waals surface area contributed by atoms with Crippen LogP contribution in [0.1, 0.15) is 35.6 Å². The van der Waals surface area contributed by atoms with Crippen LogP contribution in [0.3, 0.4) is 0 Å². The van der Waals surface area contributed by atoms with Crippen molar-refractivity contribution in [3.63, 3.8) is 0 Å². The zero-order valence-electron chi connectivity index (χ0n) is 7.73. The summed E-state index contributed by atoms with van der Waals surface area (Å²) in [4.78, 5) is 1.35. The molecule has 1 aliphatic carbocycles. The van der Waals surface area contributed by atoms with Crippen molar-refractivity contribution >= 4 is 38.9 Å². The van der Waals surface area contributed by atoms with Crippen LogP contribution >= 0.6 is 38.9 Å². The van der Waals surface area contributed by atoms with Crippen molar-refractivity contribution in [2.75, 3.05) is 0 Å². The smallest absolute Gasteiger partial charge is 0.0704 e. The third kappa shape index (κ3) is 1.81. The van der Waals surface area contributed by atoms with E-state index in [9.17, 15) is 0 Å². The van der Waals surface area contributed by atoms with E-state index in [1.54, 1.807) is 11.3 Å². The molecule has 1 aliphatic rings. The van der Waals surface area contributed by atoms with Gasteiger partial charge in [0.15, 0.2) is 0 Å². The number of halogens is 2. The highest BCUT2D eigenvalue weighted by atomic mass is 79.9. The molecule has 0 amide bonds. The number of thiophene rings is 1. The SMILES string of the molecule is Cc1sc(Br)cc1C(Cl)C1(C)CC1. The van der Waals surface area contributed by atoms with Crippen molar-refractivity contribution in [1.29, 1.82) is 0 Å². The van der Waals surface area contributed by atoms with E-state index in [-0.39, 0.29) is 5.38 Å². The van der Waals surface area contributed by atoms with Crippen molar-refractivity contribution in [2.24, 2.45) is 5.41 Å². The number of hydrogen-bond acceptors (Lipinski definition) is 1. The van der Waals surface area contributed by atoms with E-state index < -0.39 is 0 Å². The molecule has 0 nitrogen and oxygen atoms in total. The summed E-state index contributed by atoms with van der Waals surface area (Å²) in [5.74, 6) is 0. The minimum Gasteiger partial charge on any atom is -0.133 e. The van der Waals surface area contributed by atoms with Gasteiger partial charge in [0.05, 0.1) is 9.16 Å². The number of hydrogen-bond donors (Lipinski definition) is 0. The molecule has 0 radical (unpaired) electrons. The Kier molecular flexibility index (Phi) is 2.50. The Morgan fingerprint density at radius 2 is 2.23 bits per heavy atom. The van der Waals surface area contributed by atoms with E-state index in [2.05, 4.69) is 35.8 Å². The van der Waals surface area contributed by atoms with Crippen molar-refractivity contribution in [2.45, 2.75) is 32.1 Å². The fraction of sp³-hybridized carbons (Fsp3) is 0.600. The first-order chi connectivity index (χ1) is 6.03. The Labute approximate surface area is 96.4 Å². The molecule has 1 aromatic heterocycles. The normalized spacial score (nSPS) is 21.5. The van der Waals surface area contributed by atoms with Gasteiger partial charge in [-0.25, -0.2) is 0 Å². The van der Waals surface area contributed by atoms with Crippen LogP contribution in [0.15, 0.2) is 9.85 Å². The monoisotopic (exact) mass is 278 g/mol. The van der Waals surface area contributed by atoms with Gasteiger partial charge in [0.2, 0.25) is 0 Å². The van der Waals surface area contributed by atoms with Crippen LogP contribution in [0.2, 0.25) is 0 Å². The molecule has 1 unspecified atom stereocenters. The zero-order valence-corrected chi connectivity index (χ0v) is 10.9. The van der Waals surface area contributed by atoms with Gasteiger partial charge in [-0.15, -0.1) is 22.9 Å². The summed E-state index contributed by atoms with van der Waals surface area (Å²) in [5, 5.41) is 0.204. The third-order valence-electron chi connectivity index (χ3n) is 2.85. The van der Waals surface area contributed by atoms with Crippen molar-refractivity contribution < 1.29 is 0 Å². The molecule has 0 aliphatic heterocycles. The van der Waals surface area contributed by atoms with E-state index >= 15 is 0 Å². The second kappa shape index (κ2) is 3.25. The second-order valence-corrected chi connectivity index (χ2v) is 7.15. The molecule has 13 heavy (non-hydrogen) atoms. The maximum atomic E-state index is 6.45. The van der Waals surface area contributed by atoms with Gasteiger partial charge >= 0.3 is 0 Å². The molecule has 0 bridgehead atoms. The van der Waals surface area contributed by atoms with E-state index in [0.717, 1.165) is 0 Å². The van der Waals surface area contributed by atoms with Crippen molar-refractivity contribution in [1.82, 2.24) is 0 Å². The molecule has 2 rings (SSSR count). The Bertz CT molecular complexity index is 328. The van der Waals surface area contributed by atoms with Crippen LogP contribution in [-0.4, -0.2) is 0 Å². The lowest BCUT2D eigenvalue weighted by Crippen LogP contribution is -2.03. The lowest BCUT2D eigenvalue weighted by atomic mass is 9.99. The average molecular weight is 280 g/mol. The molecule has 0 spiro atoms. The maximum Gasteiger partial charge on any atom is 0.0704 e. The predicted octanol–water partition coefficient (Wildman–Crippen LogP) is 4.90. The molecule has 0 N–H and O–H groups in total. The van der Waals surface area contributed by atoms with Crippen LogP contribution < -0.4 is 0 Å². The molecule has 0 saturated heterocycles. The van der Waals surface area contributed by atoms with Gasteiger partial charge in [-0.05, 0) is 52.7 Å². The van der Waals surface area contributed by atoms with Gasteiger partial charge in [-0.3, -0.25) is 0 Å². The van der Waals surface area contributed by atoms with E-state index in [1.807, 2.05) is 0 Å². The lowest BCUT2D eigenvalue weighted by molar-refractivity contribution is 0.548. The van der Waals surface area contributed by atoms with Crippen LogP contribution in [0, 0.1) is 12.3 Å². The molecule has 72 valence electrons. The molecular weight excluding hydrogens is 268 g/mol. The second-order valence-electron chi connectivity index (χ2n) is 4.08. The highest BCUT2D eigenvalue weighted by molar-refractivity contribution is 9.11. The summed E-state index contributed by atoms with van der Waals surface area (Å²) in [6.45, 7) is 4.42. The van der Waals surface area contributed by atoms with Gasteiger partial charge in [-0.1, -0.05) is 6.92 Å². The zero-order chi connectivity index (χ0) is 9.64. The number of aryl methyl sites for hydroxylation is 1. The summed E-state index contributed by atoms with van der Waals surface area (Å²) < 4.78 is 1.19. The Morgan fingerprint density at radius 3 is 2.62 bits per heavy atom. The molecule has 1 saturated carbocycles. The standard InChI is InChI=1S/C10H12BrClS/c1-6-7(5-8(11)13-6)9(12)10(2)3-4-10/h5,9H,3-4H2,1-2H3. The van der Waals surface area contributed by atoms with Gasteiger partial charge in [0, 0.05) is 4.88 Å². The molecular formula is C10H12BrClS. The van der Waals surface area contributed by atoms with Gasteiger partial charge in [0.1, 0.15) is 0 Å². The average Bonchev–Trinajstić information content (AvgIpc) is 2.71. The molecule has 1 heterocycles. The highest BCUT2D eigenvalue weighted by Crippen LogP contribution is 2.58. The predicted molar refractivity (Wildman–Crippen MR) is 62.7 cm³/mol. The van der Waals surface area contributed by atoms with Gasteiger partial charge in [0.25, 0.3) is 0 Å². The van der Waals surface area contributed by atoms with Gasteiger partial charge < -0.3 is 0 Å². The first kappa shape index (κ1) is 10.0. The largest absolute Gasteiger partial charge is 0.133 e. The lowest BCUT2D eigenvalue weighted by Gasteiger charge is -2.15. The maximum absolute atomic E-state index is 6.45. The molecule has 0 aromatic carbocycles. The fourth-order valence-electron chi connectivity index (χ4n) is 1.54. The van der Waals surface area contributed by atoms with E-state index in [0.29, 0.717) is 5.41 Å². The van der Waals surface area contributed by atoms with Crippen molar-refractivity contribution in [3.05, 3.63) is 20.3 Å². The summed E-state index contributed by atoms with van der Waals surface area (Å²) in [5.41, 5.74) is 1.69. The first-order valence-corrected chi connectivity index (χ1v) is 6.47. The summed E-state index contributed by atoms with van der Waals surface area (Å²) in [6, 6.07) is 2.17. The van der Waals surface area contributed by atoms with Crippen LogP contribution in [-0.2, 0) is 0 Å². The minimum atomic E-state index is 0.204. The minimum absolute atomic E-state index is 0.204. The highest BCUT2D eigenvalue weighted by Gasteiger charge is 2.45.